The van der Waals surface area contributed by atoms with Crippen LogP contribution in [0.4, 0.5) is 20.3 Å². The third-order valence-electron chi connectivity index (χ3n) is 7.67. The Morgan fingerprint density at radius 3 is 2.56 bits per heavy atom. The Kier molecular flexibility index (Phi) is 8.88. The fraction of sp³-hybridized carbons (Fsp3) is 0.300. The summed E-state index contributed by atoms with van der Waals surface area (Å²) >= 11 is 6.55. The maximum atomic E-state index is 14.7. The van der Waals surface area contributed by atoms with Crippen LogP contribution in [-0.4, -0.2) is 56.2 Å². The molecule has 1 aromatic heterocycles. The number of nitrogens with zero attached hydrogens (tertiary/aromatic N) is 4. The fourth-order valence-electron chi connectivity index (χ4n) is 5.44. The molecule has 45 heavy (non-hydrogen) atoms. The molecular formula is C30H27ClF2N6O5S. The first kappa shape index (κ1) is 32.0. The van der Waals surface area contributed by atoms with E-state index in [0.29, 0.717) is 0 Å². The minimum absolute atomic E-state index is 0.00679. The number of halogens is 3. The third-order valence-corrected chi connectivity index (χ3v) is 9.43. The Balaban J connectivity index is 1.67. The predicted octanol–water partition coefficient (Wildman–Crippen LogP) is 3.70. The molecule has 234 valence electrons. The Morgan fingerprint density at radius 2 is 1.89 bits per heavy atom. The number of hydrogen-bond donors (Lipinski definition) is 2. The van der Waals surface area contributed by atoms with Crippen LogP contribution in [0.5, 0.6) is 0 Å². The van der Waals surface area contributed by atoms with Gasteiger partial charge in [-0.3, -0.25) is 24.2 Å². The van der Waals surface area contributed by atoms with Gasteiger partial charge in [0.1, 0.15) is 17.9 Å². The number of nitrogens with one attached hydrogen (secondary N) is 2. The number of amides is 3. The van der Waals surface area contributed by atoms with E-state index in [4.69, 9.17) is 11.6 Å². The number of hydrogen-bond acceptors (Lipinski definition) is 7. The minimum Gasteiger partial charge on any atom is -0.351 e. The first-order valence-electron chi connectivity index (χ1n) is 13.8. The first-order valence-corrected chi connectivity index (χ1v) is 15.7. The molecule has 2 heterocycles. The molecule has 11 nitrogen and oxygen atoms in total. The summed E-state index contributed by atoms with van der Waals surface area (Å²) in [6.07, 6.45) is 0.0797. The molecule has 3 aromatic rings. The van der Waals surface area contributed by atoms with E-state index < -0.39 is 64.6 Å². The maximum Gasteiger partial charge on any atom is 0.252 e. The number of carbonyl (C=O) groups is 3. The van der Waals surface area contributed by atoms with Crippen LogP contribution >= 0.6 is 11.6 Å². The molecule has 1 aliphatic heterocycles. The zero-order valence-electron chi connectivity index (χ0n) is 23.8. The summed E-state index contributed by atoms with van der Waals surface area (Å²) < 4.78 is 55.1. The molecule has 15 heteroatoms. The molecule has 1 saturated heterocycles. The first-order chi connectivity index (χ1) is 21.3. The van der Waals surface area contributed by atoms with Crippen LogP contribution in [-0.2, 0) is 24.4 Å². The summed E-state index contributed by atoms with van der Waals surface area (Å²) in [5.74, 6) is -4.99. The molecule has 2 fully saturated rings. The van der Waals surface area contributed by atoms with E-state index in [9.17, 15) is 36.8 Å². The molecular weight excluding hydrogens is 630 g/mol. The number of carbonyl (C=O) groups excluding carboxylic acids is 3. The van der Waals surface area contributed by atoms with Crippen LogP contribution in [0, 0.1) is 11.3 Å². The lowest BCUT2D eigenvalue weighted by molar-refractivity contribution is -0.133. The van der Waals surface area contributed by atoms with Crippen LogP contribution < -0.4 is 19.8 Å². The van der Waals surface area contributed by atoms with Crippen LogP contribution in [0.15, 0.2) is 71.8 Å². The van der Waals surface area contributed by atoms with E-state index in [0.717, 1.165) is 9.80 Å². The minimum atomic E-state index is -4.02. The van der Waals surface area contributed by atoms with Crippen LogP contribution in [0.2, 0.25) is 5.02 Å². The standard InChI is InChI=1S/C30H27ClF2N6O5S/c1-35-45(43,44)21-6-4-5-20(14-21)38(29(42)24-9-10-26(40)39(24)25-13-18(17-34)11-12-36-25)27(22-7-2-3-8-23(22)31)28(41)37-19-15-30(32,33)16-19/h2-8,11-14,19,24,27,35H,9-10,15-16H2,1H3,(H,37,41)/t24-,27-/m0/s1. The van der Waals surface area contributed by atoms with Crippen molar-refractivity contribution in [3.63, 3.8) is 0 Å². The van der Waals surface area contributed by atoms with Gasteiger partial charge in [0.2, 0.25) is 21.8 Å². The monoisotopic (exact) mass is 656 g/mol. The molecule has 2 aliphatic rings. The van der Waals surface area contributed by atoms with Crippen molar-refractivity contribution in [3.05, 3.63) is 83.0 Å². The second-order valence-corrected chi connectivity index (χ2v) is 12.9. The SMILES string of the molecule is CNS(=O)(=O)c1cccc(N(C(=O)[C@@H]2CCC(=O)N2c2cc(C#N)ccn2)[C@H](C(=O)NC2CC(F)(F)C2)c2ccccc2Cl)c1. The maximum absolute atomic E-state index is 14.7. The molecule has 1 saturated carbocycles. The molecule has 1 aliphatic carbocycles. The van der Waals surface area contributed by atoms with E-state index in [-0.39, 0.29) is 45.4 Å². The number of pyridine rings is 1. The Labute approximate surface area is 262 Å². The van der Waals surface area contributed by atoms with Crippen molar-refractivity contribution in [3.8, 4) is 6.07 Å². The Bertz CT molecular complexity index is 1810. The van der Waals surface area contributed by atoms with Crippen molar-refractivity contribution in [2.24, 2.45) is 0 Å². The molecule has 0 radical (unpaired) electrons. The van der Waals surface area contributed by atoms with Gasteiger partial charge in [0, 0.05) is 47.8 Å². The highest BCUT2D eigenvalue weighted by atomic mass is 35.5. The van der Waals surface area contributed by atoms with Crippen LogP contribution in [0.25, 0.3) is 0 Å². The molecule has 2 atom stereocenters. The molecule has 0 spiro atoms. The van der Waals surface area contributed by atoms with Gasteiger partial charge in [-0.1, -0.05) is 35.9 Å². The van der Waals surface area contributed by atoms with Gasteiger partial charge in [-0.25, -0.2) is 26.9 Å². The Hall–Kier alpha value is -4.45. The zero-order valence-corrected chi connectivity index (χ0v) is 25.4. The van der Waals surface area contributed by atoms with Crippen molar-refractivity contribution >= 4 is 50.9 Å². The number of alkyl halides is 2. The summed E-state index contributed by atoms with van der Waals surface area (Å²) in [5.41, 5.74) is 0.296. The summed E-state index contributed by atoms with van der Waals surface area (Å²) in [7, 11) is -2.81. The molecule has 2 N–H and O–H groups in total. The van der Waals surface area contributed by atoms with E-state index in [1.807, 2.05) is 6.07 Å². The summed E-state index contributed by atoms with van der Waals surface area (Å²) in [4.78, 5) is 48.0. The number of aromatic nitrogens is 1. The number of sulfonamides is 1. The highest BCUT2D eigenvalue weighted by Crippen LogP contribution is 2.40. The van der Waals surface area contributed by atoms with Crippen molar-refractivity contribution in [2.45, 2.75) is 54.6 Å². The van der Waals surface area contributed by atoms with Gasteiger partial charge in [0.25, 0.3) is 11.8 Å². The predicted molar refractivity (Wildman–Crippen MR) is 160 cm³/mol. The van der Waals surface area contributed by atoms with Crippen LogP contribution in [0.1, 0.15) is 42.9 Å². The van der Waals surface area contributed by atoms with Gasteiger partial charge in [-0.15, -0.1) is 0 Å². The van der Waals surface area contributed by atoms with Crippen molar-refractivity contribution in [1.82, 2.24) is 15.0 Å². The summed E-state index contributed by atoms with van der Waals surface area (Å²) in [5, 5.41) is 12.1. The quantitative estimate of drug-likeness (QED) is 0.356. The lowest BCUT2D eigenvalue weighted by atomic mass is 9.87. The average molecular weight is 657 g/mol. The van der Waals surface area contributed by atoms with Crippen molar-refractivity contribution < 1.29 is 31.6 Å². The van der Waals surface area contributed by atoms with Gasteiger partial charge in [-0.05, 0) is 49.9 Å². The zero-order chi connectivity index (χ0) is 32.5. The largest absolute Gasteiger partial charge is 0.351 e. The Morgan fingerprint density at radius 1 is 1.16 bits per heavy atom. The van der Waals surface area contributed by atoms with Gasteiger partial charge in [0.05, 0.1) is 16.5 Å². The van der Waals surface area contributed by atoms with Crippen molar-refractivity contribution in [2.75, 3.05) is 16.8 Å². The molecule has 0 bridgehead atoms. The van der Waals surface area contributed by atoms with Crippen molar-refractivity contribution in [1.29, 1.82) is 5.26 Å². The highest BCUT2D eigenvalue weighted by molar-refractivity contribution is 7.89. The highest BCUT2D eigenvalue weighted by Gasteiger charge is 2.48. The smallest absolute Gasteiger partial charge is 0.252 e. The van der Waals surface area contributed by atoms with E-state index in [1.165, 1.54) is 61.8 Å². The normalized spacial score (nSPS) is 18.5. The van der Waals surface area contributed by atoms with E-state index >= 15 is 0 Å². The third kappa shape index (κ3) is 6.51. The summed E-state index contributed by atoms with van der Waals surface area (Å²) in [6.45, 7) is 0. The van der Waals surface area contributed by atoms with E-state index in [2.05, 4.69) is 15.0 Å². The second kappa shape index (κ2) is 12.5. The van der Waals surface area contributed by atoms with Gasteiger partial charge >= 0.3 is 0 Å². The number of rotatable bonds is 9. The van der Waals surface area contributed by atoms with Gasteiger partial charge < -0.3 is 5.32 Å². The van der Waals surface area contributed by atoms with Gasteiger partial charge in [0.15, 0.2) is 0 Å². The molecule has 3 amide bonds. The number of anilines is 2. The average Bonchev–Trinajstić information content (AvgIpc) is 3.40. The van der Waals surface area contributed by atoms with E-state index in [1.54, 1.807) is 12.1 Å². The summed E-state index contributed by atoms with van der Waals surface area (Å²) in [6, 6.07) is 12.5. The topological polar surface area (TPSA) is 153 Å². The molecule has 5 rings (SSSR count). The number of benzene rings is 2. The lowest BCUT2D eigenvalue weighted by Crippen LogP contribution is -2.56. The number of nitriles is 1. The molecule has 2 aromatic carbocycles. The molecule has 0 unspecified atom stereocenters. The van der Waals surface area contributed by atoms with Gasteiger partial charge in [-0.2, -0.15) is 5.26 Å². The fourth-order valence-corrected chi connectivity index (χ4v) is 6.45. The second-order valence-electron chi connectivity index (χ2n) is 10.6. The van der Waals surface area contributed by atoms with Crippen LogP contribution in [0.3, 0.4) is 0 Å². The lowest BCUT2D eigenvalue weighted by Gasteiger charge is -2.39.